The molecule has 0 aliphatic heterocycles. The number of ketones is 2. The van der Waals surface area contributed by atoms with E-state index in [9.17, 15) is 19.5 Å². The van der Waals surface area contributed by atoms with Crippen LogP contribution in [0.25, 0.3) is 0 Å². The zero-order valence-electron chi connectivity index (χ0n) is 18.2. The minimum Gasteiger partial charge on any atom is -0.497 e. The van der Waals surface area contributed by atoms with E-state index in [-0.39, 0.29) is 30.0 Å². The van der Waals surface area contributed by atoms with E-state index in [4.69, 9.17) is 21.1 Å². The molecule has 7 heteroatoms. The molecule has 1 N–H and O–H groups in total. The maximum absolute atomic E-state index is 13.3. The monoisotopic (exact) mass is 466 g/mol. The van der Waals surface area contributed by atoms with Gasteiger partial charge in [-0.3, -0.25) is 9.59 Å². The number of methoxy groups -OCH3 is 2. The smallest absolute Gasteiger partial charge is 0.335 e. The van der Waals surface area contributed by atoms with E-state index in [0.29, 0.717) is 33.2 Å². The van der Waals surface area contributed by atoms with Gasteiger partial charge in [-0.1, -0.05) is 23.7 Å². The van der Waals surface area contributed by atoms with Gasteiger partial charge >= 0.3 is 5.97 Å². The van der Waals surface area contributed by atoms with Crippen molar-refractivity contribution in [3.05, 3.63) is 94.0 Å². The van der Waals surface area contributed by atoms with Gasteiger partial charge < -0.3 is 14.6 Å². The number of carboxylic acid groups (broad SMARTS) is 1. The van der Waals surface area contributed by atoms with Crippen LogP contribution in [0.15, 0.2) is 66.7 Å². The zero-order valence-corrected chi connectivity index (χ0v) is 19.0. The molecule has 0 heterocycles. The Labute approximate surface area is 196 Å². The highest BCUT2D eigenvalue weighted by Crippen LogP contribution is 2.32. The average Bonchev–Trinajstić information content (AvgIpc) is 2.83. The molecule has 0 aliphatic carbocycles. The van der Waals surface area contributed by atoms with Crippen LogP contribution in [0.1, 0.15) is 55.4 Å². The van der Waals surface area contributed by atoms with Crippen LogP contribution in [0.5, 0.6) is 11.5 Å². The number of Topliss-reactive ketones (excluding diaryl/α,β-unsaturated/α-hetero) is 2. The summed E-state index contributed by atoms with van der Waals surface area (Å²) in [4.78, 5) is 37.7. The molecule has 1 atom stereocenters. The second kappa shape index (κ2) is 10.8. The van der Waals surface area contributed by atoms with Gasteiger partial charge in [-0.05, 0) is 66.1 Å². The molecule has 0 spiro atoms. The van der Waals surface area contributed by atoms with Crippen LogP contribution in [0, 0.1) is 0 Å². The topological polar surface area (TPSA) is 89.9 Å². The van der Waals surface area contributed by atoms with Crippen molar-refractivity contribution >= 4 is 29.1 Å². The second-order valence-corrected chi connectivity index (χ2v) is 7.89. The molecule has 6 nitrogen and oxygen atoms in total. The van der Waals surface area contributed by atoms with Crippen LogP contribution in [0.2, 0.25) is 5.02 Å². The molecule has 3 rings (SSSR count). The lowest BCUT2D eigenvalue weighted by Crippen LogP contribution is -2.14. The molecule has 3 aromatic rings. The number of carbonyl (C=O) groups is 3. The fourth-order valence-corrected chi connectivity index (χ4v) is 3.70. The van der Waals surface area contributed by atoms with Crippen LogP contribution >= 0.6 is 11.6 Å². The normalized spacial score (nSPS) is 11.5. The number of carboxylic acids is 1. The Morgan fingerprint density at radius 1 is 0.848 bits per heavy atom. The third-order valence-electron chi connectivity index (χ3n) is 5.34. The van der Waals surface area contributed by atoms with Gasteiger partial charge in [-0.2, -0.15) is 0 Å². The summed E-state index contributed by atoms with van der Waals surface area (Å²) in [5.41, 5.74) is 1.47. The first-order valence-electron chi connectivity index (χ1n) is 10.2. The predicted molar refractivity (Wildman–Crippen MR) is 125 cm³/mol. The molecule has 0 fully saturated rings. The molecule has 0 saturated heterocycles. The van der Waals surface area contributed by atoms with Gasteiger partial charge in [0.2, 0.25) is 0 Å². The maximum atomic E-state index is 13.3. The minimum absolute atomic E-state index is 0.0166. The van der Waals surface area contributed by atoms with Crippen LogP contribution in [-0.2, 0) is 0 Å². The fraction of sp³-hybridized carbons (Fsp3) is 0.192. The predicted octanol–water partition coefficient (Wildman–Crippen LogP) is 5.69. The molecule has 0 radical (unpaired) electrons. The Balaban J connectivity index is 1.95. The Bertz CT molecular complexity index is 1170. The number of ether oxygens (including phenoxy) is 2. The van der Waals surface area contributed by atoms with Crippen LogP contribution in [0.3, 0.4) is 0 Å². The Morgan fingerprint density at radius 3 is 2.18 bits per heavy atom. The summed E-state index contributed by atoms with van der Waals surface area (Å²) in [5.74, 6) is -1.16. The first-order chi connectivity index (χ1) is 15.8. The van der Waals surface area contributed by atoms with E-state index in [1.807, 2.05) is 0 Å². The third-order valence-corrected chi connectivity index (χ3v) is 5.59. The van der Waals surface area contributed by atoms with E-state index >= 15 is 0 Å². The van der Waals surface area contributed by atoms with Crippen molar-refractivity contribution in [3.63, 3.8) is 0 Å². The highest BCUT2D eigenvalue weighted by atomic mass is 35.5. The van der Waals surface area contributed by atoms with Crippen molar-refractivity contribution < 1.29 is 29.0 Å². The van der Waals surface area contributed by atoms with E-state index in [1.54, 1.807) is 54.6 Å². The van der Waals surface area contributed by atoms with Gasteiger partial charge in [0.25, 0.3) is 0 Å². The van der Waals surface area contributed by atoms with E-state index in [0.717, 1.165) is 0 Å². The standard InChI is InChI=1S/C26H23ClO6/c1-32-21-10-11-25(33-2)22(15-21)24(29)14-19(17-4-3-5-18(12-17)26(30)31)13-23(28)16-6-8-20(27)9-7-16/h3-12,15,19H,13-14H2,1-2H3,(H,30,31). The first-order valence-corrected chi connectivity index (χ1v) is 10.6. The number of halogens is 1. The van der Waals surface area contributed by atoms with Crippen molar-refractivity contribution in [2.24, 2.45) is 0 Å². The van der Waals surface area contributed by atoms with Gasteiger partial charge in [0, 0.05) is 23.4 Å². The Kier molecular flexibility index (Phi) is 7.85. The third kappa shape index (κ3) is 5.99. The van der Waals surface area contributed by atoms with Crippen molar-refractivity contribution in [1.29, 1.82) is 0 Å². The molecule has 0 saturated carbocycles. The van der Waals surface area contributed by atoms with E-state index in [2.05, 4.69) is 0 Å². The van der Waals surface area contributed by atoms with Crippen molar-refractivity contribution in [3.8, 4) is 11.5 Å². The first kappa shape index (κ1) is 24.0. The Hall–Kier alpha value is -3.64. The lowest BCUT2D eigenvalue weighted by molar-refractivity contribution is 0.0696. The van der Waals surface area contributed by atoms with E-state index < -0.39 is 11.9 Å². The fourth-order valence-electron chi connectivity index (χ4n) is 3.58. The quantitative estimate of drug-likeness (QED) is 0.386. The summed E-state index contributed by atoms with van der Waals surface area (Å²) in [6.45, 7) is 0. The summed E-state index contributed by atoms with van der Waals surface area (Å²) >= 11 is 5.92. The summed E-state index contributed by atoms with van der Waals surface area (Å²) in [6, 6.07) is 17.7. The molecule has 33 heavy (non-hydrogen) atoms. The summed E-state index contributed by atoms with van der Waals surface area (Å²) in [6.07, 6.45) is -0.00530. The molecular formula is C26H23ClO6. The molecule has 0 aromatic heterocycles. The minimum atomic E-state index is -1.08. The van der Waals surface area contributed by atoms with Gasteiger partial charge in [-0.15, -0.1) is 0 Å². The van der Waals surface area contributed by atoms with Crippen molar-refractivity contribution in [1.82, 2.24) is 0 Å². The highest BCUT2D eigenvalue weighted by Gasteiger charge is 2.24. The second-order valence-electron chi connectivity index (χ2n) is 7.46. The highest BCUT2D eigenvalue weighted by molar-refractivity contribution is 6.30. The van der Waals surface area contributed by atoms with Gasteiger partial charge in [0.1, 0.15) is 11.5 Å². The number of benzene rings is 3. The van der Waals surface area contributed by atoms with Crippen LogP contribution < -0.4 is 9.47 Å². The lowest BCUT2D eigenvalue weighted by atomic mass is 9.85. The largest absolute Gasteiger partial charge is 0.497 e. The molecule has 0 amide bonds. The number of hydrogen-bond acceptors (Lipinski definition) is 5. The number of hydrogen-bond donors (Lipinski definition) is 1. The lowest BCUT2D eigenvalue weighted by Gasteiger charge is -2.18. The number of rotatable bonds is 10. The zero-order chi connectivity index (χ0) is 24.0. The summed E-state index contributed by atoms with van der Waals surface area (Å²) in [5, 5.41) is 9.90. The average molecular weight is 467 g/mol. The molecule has 0 bridgehead atoms. The Morgan fingerprint density at radius 2 is 1.55 bits per heavy atom. The molecule has 0 aliphatic rings. The van der Waals surface area contributed by atoms with Gasteiger partial charge in [-0.25, -0.2) is 4.79 Å². The van der Waals surface area contributed by atoms with Crippen molar-refractivity contribution in [2.45, 2.75) is 18.8 Å². The van der Waals surface area contributed by atoms with E-state index in [1.165, 1.54) is 26.4 Å². The van der Waals surface area contributed by atoms with Crippen LogP contribution in [-0.4, -0.2) is 36.9 Å². The van der Waals surface area contributed by atoms with Crippen LogP contribution in [0.4, 0.5) is 0 Å². The molecule has 1 unspecified atom stereocenters. The van der Waals surface area contributed by atoms with Gasteiger partial charge in [0.15, 0.2) is 11.6 Å². The van der Waals surface area contributed by atoms with Crippen molar-refractivity contribution in [2.75, 3.05) is 14.2 Å². The number of carbonyl (C=O) groups excluding carboxylic acids is 2. The molecule has 3 aromatic carbocycles. The maximum Gasteiger partial charge on any atom is 0.335 e. The summed E-state index contributed by atoms with van der Waals surface area (Å²) < 4.78 is 10.6. The number of aromatic carboxylic acids is 1. The molecular weight excluding hydrogens is 444 g/mol. The molecule has 170 valence electrons. The SMILES string of the molecule is COc1ccc(OC)c(C(=O)CC(CC(=O)c2ccc(Cl)cc2)c2cccc(C(=O)O)c2)c1. The summed E-state index contributed by atoms with van der Waals surface area (Å²) in [7, 11) is 2.97. The van der Waals surface area contributed by atoms with Gasteiger partial charge in [0.05, 0.1) is 25.3 Å².